The molecule has 9 heteroatoms. The SMILES string of the molecule is C[C@H](Oc1ccc(Cl)cc1Cl)C(=O)Nc1nnn(C)n1. The van der Waals surface area contributed by atoms with Crippen LogP contribution >= 0.6 is 23.2 Å². The maximum atomic E-state index is 11.9. The van der Waals surface area contributed by atoms with Gasteiger partial charge in [0.1, 0.15) is 5.75 Å². The molecule has 0 spiro atoms. The highest BCUT2D eigenvalue weighted by Crippen LogP contribution is 2.28. The first-order chi connectivity index (χ1) is 9.45. The Balaban J connectivity index is 2.00. The van der Waals surface area contributed by atoms with Gasteiger partial charge in [-0.15, -0.1) is 5.10 Å². The zero-order valence-electron chi connectivity index (χ0n) is 10.7. The van der Waals surface area contributed by atoms with E-state index in [4.69, 9.17) is 27.9 Å². The molecule has 1 amide bonds. The lowest BCUT2D eigenvalue weighted by atomic mass is 10.3. The Labute approximate surface area is 124 Å². The molecular weight excluding hydrogens is 305 g/mol. The van der Waals surface area contributed by atoms with Crippen LogP contribution in [0.3, 0.4) is 0 Å². The molecule has 2 rings (SSSR count). The molecule has 0 saturated carbocycles. The second-order valence-corrected chi connectivity index (χ2v) is 4.77. The van der Waals surface area contributed by atoms with E-state index in [1.165, 1.54) is 10.9 Å². The Morgan fingerprint density at radius 2 is 2.20 bits per heavy atom. The van der Waals surface area contributed by atoms with Crippen LogP contribution in [0.2, 0.25) is 10.0 Å². The van der Waals surface area contributed by atoms with Crippen molar-refractivity contribution < 1.29 is 9.53 Å². The quantitative estimate of drug-likeness (QED) is 0.932. The van der Waals surface area contributed by atoms with Gasteiger partial charge in [0.05, 0.1) is 12.1 Å². The van der Waals surface area contributed by atoms with E-state index in [0.29, 0.717) is 15.8 Å². The monoisotopic (exact) mass is 315 g/mol. The molecule has 0 fully saturated rings. The standard InChI is InChI=1S/C11H11Cl2N5O2/c1-6(10(19)14-11-15-17-18(2)16-11)20-9-4-3-7(12)5-8(9)13/h3-6H,1-2H3,(H,14,16,19)/t6-/m0/s1. The van der Waals surface area contributed by atoms with Crippen LogP contribution in [-0.2, 0) is 11.8 Å². The van der Waals surface area contributed by atoms with Crippen molar-refractivity contribution >= 4 is 35.1 Å². The minimum absolute atomic E-state index is 0.107. The summed E-state index contributed by atoms with van der Waals surface area (Å²) in [5.74, 6) is 0.0602. The summed E-state index contributed by atoms with van der Waals surface area (Å²) < 4.78 is 5.46. The number of rotatable bonds is 4. The fourth-order valence-electron chi connectivity index (χ4n) is 1.36. The molecule has 0 aliphatic rings. The van der Waals surface area contributed by atoms with Gasteiger partial charge in [0.25, 0.3) is 11.9 Å². The molecule has 1 aromatic heterocycles. The molecule has 0 saturated heterocycles. The van der Waals surface area contributed by atoms with E-state index < -0.39 is 12.0 Å². The van der Waals surface area contributed by atoms with Gasteiger partial charge in [-0.05, 0) is 30.3 Å². The Morgan fingerprint density at radius 1 is 1.45 bits per heavy atom. The highest BCUT2D eigenvalue weighted by molar-refractivity contribution is 6.35. The summed E-state index contributed by atoms with van der Waals surface area (Å²) in [7, 11) is 1.59. The number of hydrogen-bond acceptors (Lipinski definition) is 5. The highest BCUT2D eigenvalue weighted by Gasteiger charge is 2.18. The summed E-state index contributed by atoms with van der Waals surface area (Å²) in [6, 6.07) is 4.75. The lowest BCUT2D eigenvalue weighted by Crippen LogP contribution is -2.30. The number of amides is 1. The molecule has 7 nitrogen and oxygen atoms in total. The number of hydrogen-bond donors (Lipinski definition) is 1. The average Bonchev–Trinajstić information content (AvgIpc) is 2.78. The summed E-state index contributed by atoms with van der Waals surface area (Å²) in [5.41, 5.74) is 0. The Kier molecular flexibility index (Phi) is 4.41. The maximum Gasteiger partial charge on any atom is 0.270 e. The third-order valence-corrected chi connectivity index (χ3v) is 2.84. The number of anilines is 1. The van der Waals surface area contributed by atoms with Gasteiger partial charge in [-0.3, -0.25) is 10.1 Å². The van der Waals surface area contributed by atoms with Crippen LogP contribution < -0.4 is 10.1 Å². The number of carbonyl (C=O) groups is 1. The molecule has 0 aliphatic carbocycles. The second kappa shape index (κ2) is 6.06. The third-order valence-electron chi connectivity index (χ3n) is 2.31. The fourth-order valence-corrected chi connectivity index (χ4v) is 1.81. The summed E-state index contributed by atoms with van der Waals surface area (Å²) in [6.45, 7) is 1.58. The van der Waals surface area contributed by atoms with Gasteiger partial charge >= 0.3 is 0 Å². The molecule has 2 aromatic rings. The van der Waals surface area contributed by atoms with E-state index in [0.717, 1.165) is 0 Å². The van der Waals surface area contributed by atoms with Crippen molar-refractivity contribution in [2.75, 3.05) is 5.32 Å². The Hall–Kier alpha value is -1.86. The Bertz CT molecular complexity index is 631. The summed E-state index contributed by atoms with van der Waals surface area (Å²) in [5, 5.41) is 14.4. The molecule has 1 aromatic carbocycles. The van der Waals surface area contributed by atoms with E-state index in [-0.39, 0.29) is 5.95 Å². The zero-order chi connectivity index (χ0) is 14.7. The van der Waals surface area contributed by atoms with Gasteiger partial charge in [-0.1, -0.05) is 28.3 Å². The molecule has 1 atom stereocenters. The van der Waals surface area contributed by atoms with E-state index in [2.05, 4.69) is 20.7 Å². The summed E-state index contributed by atoms with van der Waals surface area (Å²) in [4.78, 5) is 13.1. The van der Waals surface area contributed by atoms with Gasteiger partial charge in [0, 0.05) is 5.02 Å². The van der Waals surface area contributed by atoms with Crippen LogP contribution in [0.5, 0.6) is 5.75 Å². The number of ether oxygens (including phenoxy) is 1. The smallest absolute Gasteiger partial charge is 0.270 e. The third kappa shape index (κ3) is 3.58. The largest absolute Gasteiger partial charge is 0.479 e. The molecular formula is C11H11Cl2N5O2. The zero-order valence-corrected chi connectivity index (χ0v) is 12.2. The summed E-state index contributed by atoms with van der Waals surface area (Å²) in [6.07, 6.45) is -0.780. The van der Waals surface area contributed by atoms with Gasteiger partial charge in [-0.2, -0.15) is 4.80 Å². The Morgan fingerprint density at radius 3 is 2.80 bits per heavy atom. The van der Waals surface area contributed by atoms with Crippen molar-refractivity contribution in [1.29, 1.82) is 0 Å². The van der Waals surface area contributed by atoms with Crippen molar-refractivity contribution in [3.63, 3.8) is 0 Å². The van der Waals surface area contributed by atoms with E-state index in [1.807, 2.05) is 0 Å². The van der Waals surface area contributed by atoms with Crippen LogP contribution in [0.25, 0.3) is 0 Å². The van der Waals surface area contributed by atoms with E-state index >= 15 is 0 Å². The number of tetrazole rings is 1. The van der Waals surface area contributed by atoms with Crippen LogP contribution in [0.1, 0.15) is 6.92 Å². The number of aromatic nitrogens is 4. The molecule has 0 bridgehead atoms. The average molecular weight is 316 g/mol. The molecule has 20 heavy (non-hydrogen) atoms. The summed E-state index contributed by atoms with van der Waals surface area (Å²) >= 11 is 11.7. The number of nitrogens with one attached hydrogen (secondary N) is 1. The van der Waals surface area contributed by atoms with Crippen LogP contribution in [0, 0.1) is 0 Å². The van der Waals surface area contributed by atoms with E-state index in [1.54, 1.807) is 26.1 Å². The first kappa shape index (κ1) is 14.5. The minimum Gasteiger partial charge on any atom is -0.479 e. The molecule has 0 aliphatic heterocycles. The van der Waals surface area contributed by atoms with Gasteiger partial charge in [0.2, 0.25) is 0 Å². The van der Waals surface area contributed by atoms with Crippen LogP contribution in [0.4, 0.5) is 5.95 Å². The van der Waals surface area contributed by atoms with Crippen molar-refractivity contribution in [3.05, 3.63) is 28.2 Å². The van der Waals surface area contributed by atoms with Gasteiger partial charge < -0.3 is 4.74 Å². The first-order valence-corrected chi connectivity index (χ1v) is 6.38. The minimum atomic E-state index is -0.780. The van der Waals surface area contributed by atoms with Crippen LogP contribution in [-0.4, -0.2) is 32.2 Å². The molecule has 106 valence electrons. The first-order valence-electron chi connectivity index (χ1n) is 5.62. The number of carbonyl (C=O) groups excluding carboxylic acids is 1. The number of benzene rings is 1. The predicted octanol–water partition coefficient (Wildman–Crippen LogP) is 1.92. The topological polar surface area (TPSA) is 81.9 Å². The van der Waals surface area contributed by atoms with Crippen molar-refractivity contribution in [2.45, 2.75) is 13.0 Å². The van der Waals surface area contributed by atoms with Gasteiger partial charge in [-0.25, -0.2) is 0 Å². The van der Waals surface area contributed by atoms with Crippen molar-refractivity contribution in [1.82, 2.24) is 20.2 Å². The lowest BCUT2D eigenvalue weighted by Gasteiger charge is -2.14. The molecule has 1 heterocycles. The molecule has 0 radical (unpaired) electrons. The van der Waals surface area contributed by atoms with Crippen LogP contribution in [0.15, 0.2) is 18.2 Å². The number of halogens is 2. The lowest BCUT2D eigenvalue weighted by molar-refractivity contribution is -0.122. The fraction of sp³-hybridized carbons (Fsp3) is 0.273. The van der Waals surface area contributed by atoms with Gasteiger partial charge in [0.15, 0.2) is 6.10 Å². The highest BCUT2D eigenvalue weighted by atomic mass is 35.5. The number of aryl methyl sites for hydroxylation is 1. The van der Waals surface area contributed by atoms with Crippen molar-refractivity contribution in [3.8, 4) is 5.75 Å². The molecule has 0 unspecified atom stereocenters. The van der Waals surface area contributed by atoms with Crippen molar-refractivity contribution in [2.24, 2.45) is 7.05 Å². The van der Waals surface area contributed by atoms with E-state index in [9.17, 15) is 4.79 Å². The maximum absolute atomic E-state index is 11.9. The predicted molar refractivity (Wildman–Crippen MR) is 74.0 cm³/mol. The second-order valence-electron chi connectivity index (χ2n) is 3.93. The molecule has 1 N–H and O–H groups in total. The number of nitrogens with zero attached hydrogens (tertiary/aromatic N) is 4. The normalized spacial score (nSPS) is 12.0.